The fraction of sp³-hybridized carbons (Fsp3) is 0.150. The number of hydrogen-bond donors (Lipinski definition) is 1. The van der Waals surface area contributed by atoms with Gasteiger partial charge in [0.05, 0.1) is 17.2 Å². The number of anilines is 1. The van der Waals surface area contributed by atoms with Gasteiger partial charge in [0.25, 0.3) is 0 Å². The van der Waals surface area contributed by atoms with Crippen molar-refractivity contribution in [2.75, 3.05) is 17.6 Å². The van der Waals surface area contributed by atoms with E-state index in [-0.39, 0.29) is 23.2 Å². The zero-order valence-electron chi connectivity index (χ0n) is 15.2. The summed E-state index contributed by atoms with van der Waals surface area (Å²) in [6.45, 7) is 0.357. The molecule has 1 N–H and O–H groups in total. The number of nitrogens with one attached hydrogen (secondary N) is 1. The molecule has 3 rings (SSSR count). The van der Waals surface area contributed by atoms with E-state index < -0.39 is 9.84 Å². The first-order chi connectivity index (χ1) is 13.8. The first kappa shape index (κ1) is 21.6. The van der Waals surface area contributed by atoms with Gasteiger partial charge in [-0.1, -0.05) is 29.3 Å². The average molecular weight is 469 g/mol. The van der Waals surface area contributed by atoms with Crippen LogP contribution in [0.4, 0.5) is 10.5 Å². The number of carbonyl (C=O) groups excluding carboxylic acids is 1. The molecular formula is C20H18Cl2N2O3S2. The van der Waals surface area contributed by atoms with E-state index in [0.717, 1.165) is 4.88 Å². The Bertz CT molecular complexity index is 1050. The molecule has 9 heteroatoms. The number of amides is 2. The largest absolute Gasteiger partial charge is 0.322 e. The Morgan fingerprint density at radius 2 is 1.59 bits per heavy atom. The summed E-state index contributed by atoms with van der Waals surface area (Å²) in [5.74, 6) is -0.200. The molecule has 0 atom stereocenters. The number of carbonyl (C=O) groups is 1. The maximum Gasteiger partial charge on any atom is 0.322 e. The minimum atomic E-state index is -3.56. The number of halogens is 2. The predicted molar refractivity (Wildman–Crippen MR) is 119 cm³/mol. The van der Waals surface area contributed by atoms with Gasteiger partial charge in [-0.2, -0.15) is 0 Å². The van der Waals surface area contributed by atoms with Crippen LogP contribution in [-0.4, -0.2) is 31.6 Å². The second-order valence-electron chi connectivity index (χ2n) is 6.21. The second-order valence-corrected chi connectivity index (χ2v) is 10.2. The van der Waals surface area contributed by atoms with Crippen LogP contribution in [0.15, 0.2) is 70.9 Å². The minimum absolute atomic E-state index is 0.0439. The van der Waals surface area contributed by atoms with E-state index >= 15 is 0 Å². The molecule has 0 fully saturated rings. The van der Waals surface area contributed by atoms with Crippen LogP contribution in [0.25, 0.3) is 0 Å². The number of thiophene rings is 1. The molecule has 5 nitrogen and oxygen atoms in total. The van der Waals surface area contributed by atoms with Crippen molar-refractivity contribution < 1.29 is 13.2 Å². The number of rotatable bonds is 7. The van der Waals surface area contributed by atoms with Gasteiger partial charge in [0.1, 0.15) is 0 Å². The Morgan fingerprint density at radius 3 is 2.17 bits per heavy atom. The third kappa shape index (κ3) is 6.21. The summed E-state index contributed by atoms with van der Waals surface area (Å²) in [4.78, 5) is 15.4. The molecule has 0 unspecified atom stereocenters. The fourth-order valence-corrected chi connectivity index (χ4v) is 4.79. The number of benzene rings is 2. The smallest absolute Gasteiger partial charge is 0.318 e. The zero-order chi connectivity index (χ0) is 20.9. The fourth-order valence-electron chi connectivity index (χ4n) is 2.57. The van der Waals surface area contributed by atoms with Gasteiger partial charge in [-0.3, -0.25) is 0 Å². The Balaban J connectivity index is 1.73. The molecule has 0 aliphatic rings. The van der Waals surface area contributed by atoms with Crippen molar-refractivity contribution in [2.45, 2.75) is 11.4 Å². The Labute approximate surface area is 183 Å². The summed E-state index contributed by atoms with van der Waals surface area (Å²) in [5, 5.41) is 5.72. The summed E-state index contributed by atoms with van der Waals surface area (Å²) < 4.78 is 25.3. The van der Waals surface area contributed by atoms with Gasteiger partial charge in [-0.05, 0) is 60.0 Å². The normalized spacial score (nSPS) is 11.2. The maximum absolute atomic E-state index is 12.8. The first-order valence-electron chi connectivity index (χ1n) is 8.66. The second kappa shape index (κ2) is 9.63. The lowest BCUT2D eigenvalue weighted by Crippen LogP contribution is -2.37. The van der Waals surface area contributed by atoms with E-state index in [2.05, 4.69) is 5.32 Å². The highest BCUT2D eigenvalue weighted by atomic mass is 35.5. The van der Waals surface area contributed by atoms with E-state index in [1.54, 1.807) is 24.3 Å². The minimum Gasteiger partial charge on any atom is -0.318 e. The van der Waals surface area contributed by atoms with Crippen LogP contribution in [0.5, 0.6) is 0 Å². The molecule has 2 amide bonds. The standard InChI is InChI=1S/C20H18Cl2N2O3S2/c21-15-3-7-17(8-4-15)23-20(25)24(14-18-2-1-12-28-18)11-13-29(26,27)19-9-5-16(22)6-10-19/h1-10,12H,11,13-14H2,(H,23,25). The van der Waals surface area contributed by atoms with Crippen molar-refractivity contribution in [3.8, 4) is 0 Å². The predicted octanol–water partition coefficient (Wildman–Crippen LogP) is 5.56. The molecule has 152 valence electrons. The lowest BCUT2D eigenvalue weighted by molar-refractivity contribution is 0.213. The number of urea groups is 1. The maximum atomic E-state index is 12.8. The number of nitrogens with zero attached hydrogens (tertiary/aromatic N) is 1. The van der Waals surface area contributed by atoms with Crippen molar-refractivity contribution in [3.05, 3.63) is 81.0 Å². The van der Waals surface area contributed by atoms with Crippen molar-refractivity contribution in [3.63, 3.8) is 0 Å². The van der Waals surface area contributed by atoms with E-state index in [1.165, 1.54) is 40.5 Å². The SMILES string of the molecule is O=C(Nc1ccc(Cl)cc1)N(CCS(=O)(=O)c1ccc(Cl)cc1)Cc1cccs1. The lowest BCUT2D eigenvalue weighted by atomic mass is 10.3. The molecule has 0 radical (unpaired) electrons. The van der Waals surface area contributed by atoms with Crippen molar-refractivity contribution in [2.24, 2.45) is 0 Å². The molecule has 0 saturated carbocycles. The molecule has 1 heterocycles. The molecule has 0 aliphatic carbocycles. The van der Waals surface area contributed by atoms with Crippen LogP contribution in [0.3, 0.4) is 0 Å². The molecule has 0 saturated heterocycles. The summed E-state index contributed by atoms with van der Waals surface area (Å²) >= 11 is 13.2. The number of hydrogen-bond acceptors (Lipinski definition) is 4. The highest BCUT2D eigenvalue weighted by Crippen LogP contribution is 2.18. The van der Waals surface area contributed by atoms with E-state index in [0.29, 0.717) is 22.3 Å². The molecule has 0 aliphatic heterocycles. The lowest BCUT2D eigenvalue weighted by Gasteiger charge is -2.22. The van der Waals surface area contributed by atoms with Crippen molar-refractivity contribution in [1.82, 2.24) is 4.90 Å². The molecular weight excluding hydrogens is 451 g/mol. The van der Waals surface area contributed by atoms with Crippen molar-refractivity contribution >= 4 is 56.1 Å². The van der Waals surface area contributed by atoms with Crippen LogP contribution in [0, 0.1) is 0 Å². The van der Waals surface area contributed by atoms with Gasteiger partial charge < -0.3 is 10.2 Å². The Hall–Kier alpha value is -2.06. The van der Waals surface area contributed by atoms with Crippen LogP contribution in [0.2, 0.25) is 10.0 Å². The van der Waals surface area contributed by atoms with Gasteiger partial charge in [-0.15, -0.1) is 11.3 Å². The third-order valence-electron chi connectivity index (χ3n) is 4.11. The molecule has 3 aromatic rings. The molecule has 1 aromatic heterocycles. The highest BCUT2D eigenvalue weighted by molar-refractivity contribution is 7.91. The van der Waals surface area contributed by atoms with Crippen LogP contribution in [-0.2, 0) is 16.4 Å². The van der Waals surface area contributed by atoms with Crippen LogP contribution < -0.4 is 5.32 Å². The summed E-state index contributed by atoms with van der Waals surface area (Å²) in [6, 6.07) is 16.1. The molecule has 2 aromatic carbocycles. The first-order valence-corrected chi connectivity index (χ1v) is 11.9. The summed E-state index contributed by atoms with van der Waals surface area (Å²) in [6.07, 6.45) is 0. The van der Waals surface area contributed by atoms with Gasteiger partial charge in [-0.25, -0.2) is 13.2 Å². The molecule has 29 heavy (non-hydrogen) atoms. The van der Waals surface area contributed by atoms with E-state index in [9.17, 15) is 13.2 Å². The Kier molecular flexibility index (Phi) is 7.18. The molecule has 0 spiro atoms. The van der Waals surface area contributed by atoms with Gasteiger partial charge in [0, 0.05) is 27.2 Å². The van der Waals surface area contributed by atoms with Gasteiger partial charge in [0.2, 0.25) is 0 Å². The quantitative estimate of drug-likeness (QED) is 0.493. The van der Waals surface area contributed by atoms with E-state index in [1.807, 2.05) is 17.5 Å². The topological polar surface area (TPSA) is 66.5 Å². The molecule has 0 bridgehead atoms. The van der Waals surface area contributed by atoms with Gasteiger partial charge >= 0.3 is 6.03 Å². The third-order valence-corrected chi connectivity index (χ3v) is 7.19. The van der Waals surface area contributed by atoms with E-state index in [4.69, 9.17) is 23.2 Å². The van der Waals surface area contributed by atoms with Gasteiger partial charge in [0.15, 0.2) is 9.84 Å². The summed E-state index contributed by atoms with van der Waals surface area (Å²) in [7, 11) is -3.56. The van der Waals surface area contributed by atoms with Crippen molar-refractivity contribution in [1.29, 1.82) is 0 Å². The van der Waals surface area contributed by atoms with Crippen LogP contribution >= 0.6 is 34.5 Å². The van der Waals surface area contributed by atoms with Crippen LogP contribution in [0.1, 0.15) is 4.88 Å². The highest BCUT2D eigenvalue weighted by Gasteiger charge is 2.20. The monoisotopic (exact) mass is 468 g/mol. The zero-order valence-corrected chi connectivity index (χ0v) is 18.4. The average Bonchev–Trinajstić information content (AvgIpc) is 3.20. The Morgan fingerprint density at radius 1 is 0.966 bits per heavy atom. The number of sulfone groups is 1. The summed E-state index contributed by atoms with van der Waals surface area (Å²) in [5.41, 5.74) is 0.580.